The molecular weight excluding hydrogens is 233 g/mol. The van der Waals surface area contributed by atoms with Crippen LogP contribution in [-0.2, 0) is 16.0 Å². The summed E-state index contributed by atoms with van der Waals surface area (Å²) in [6, 6.07) is 8.16. The number of alkyl halides is 3. The molecule has 0 saturated carbocycles. The molecule has 0 radical (unpaired) electrons. The predicted octanol–water partition coefficient (Wildman–Crippen LogP) is 2.57. The Morgan fingerprint density at radius 3 is 2.12 bits per heavy atom. The van der Waals surface area contributed by atoms with Crippen LogP contribution in [0.25, 0.3) is 0 Å². The van der Waals surface area contributed by atoms with Crippen LogP contribution in [0.5, 0.6) is 0 Å². The van der Waals surface area contributed by atoms with E-state index in [1.54, 1.807) is 30.3 Å². The van der Waals surface area contributed by atoms with E-state index in [1.165, 1.54) is 0 Å². The molecule has 0 heterocycles. The van der Waals surface area contributed by atoms with Gasteiger partial charge >= 0.3 is 6.18 Å². The summed E-state index contributed by atoms with van der Waals surface area (Å²) in [4.78, 5) is 22.2. The largest absolute Gasteiger partial charge is 0.450 e. The van der Waals surface area contributed by atoms with Crippen molar-refractivity contribution in [1.29, 1.82) is 0 Å². The van der Waals surface area contributed by atoms with E-state index in [9.17, 15) is 22.8 Å². The van der Waals surface area contributed by atoms with Crippen LogP contribution in [0.4, 0.5) is 13.2 Å². The maximum absolute atomic E-state index is 12.3. The lowest BCUT2D eigenvalue weighted by molar-refractivity contribution is -0.176. The Kier molecular flexibility index (Phi) is 4.04. The van der Waals surface area contributed by atoms with Crippen LogP contribution in [-0.4, -0.2) is 17.7 Å². The van der Waals surface area contributed by atoms with Crippen LogP contribution in [0.1, 0.15) is 12.5 Å². The number of carbonyl (C=O) groups is 2. The van der Waals surface area contributed by atoms with Crippen LogP contribution >= 0.6 is 0 Å². The lowest BCUT2D eigenvalue weighted by Crippen LogP contribution is -2.35. The van der Waals surface area contributed by atoms with Gasteiger partial charge in [-0.3, -0.25) is 9.59 Å². The Balaban J connectivity index is 2.89. The first-order chi connectivity index (χ1) is 7.82. The van der Waals surface area contributed by atoms with E-state index in [1.807, 2.05) is 0 Å². The summed E-state index contributed by atoms with van der Waals surface area (Å²) < 4.78 is 36.8. The molecule has 5 heteroatoms. The quantitative estimate of drug-likeness (QED) is 0.763. The fourth-order valence-corrected chi connectivity index (χ4v) is 1.47. The van der Waals surface area contributed by atoms with Crippen molar-refractivity contribution in [3.05, 3.63) is 35.9 Å². The van der Waals surface area contributed by atoms with E-state index in [0.717, 1.165) is 6.92 Å². The minimum absolute atomic E-state index is 0.214. The van der Waals surface area contributed by atoms with Gasteiger partial charge in [-0.15, -0.1) is 0 Å². The summed E-state index contributed by atoms with van der Waals surface area (Å²) in [6.45, 7) is 0.997. The number of ketones is 2. The third-order valence-electron chi connectivity index (χ3n) is 2.37. The molecule has 0 spiro atoms. The monoisotopic (exact) mass is 244 g/mol. The summed E-state index contributed by atoms with van der Waals surface area (Å²) in [5.41, 5.74) is 0.533. The summed E-state index contributed by atoms with van der Waals surface area (Å²) in [5.74, 6) is -4.39. The zero-order valence-electron chi connectivity index (χ0n) is 9.12. The first kappa shape index (κ1) is 13.4. The molecule has 0 N–H and O–H groups in total. The highest BCUT2D eigenvalue weighted by Gasteiger charge is 2.44. The molecule has 0 amide bonds. The number of hydrogen-bond acceptors (Lipinski definition) is 2. The number of hydrogen-bond donors (Lipinski definition) is 0. The SMILES string of the molecule is CC(=O)C(Cc1ccccc1)C(=O)C(F)(F)F. The second-order valence-corrected chi connectivity index (χ2v) is 3.71. The van der Waals surface area contributed by atoms with Crippen molar-refractivity contribution in [2.24, 2.45) is 5.92 Å². The smallest absolute Gasteiger partial charge is 0.299 e. The van der Waals surface area contributed by atoms with E-state index < -0.39 is 23.7 Å². The maximum atomic E-state index is 12.3. The molecule has 1 aromatic carbocycles. The third-order valence-corrected chi connectivity index (χ3v) is 2.37. The number of halogens is 3. The summed E-state index contributed by atoms with van der Waals surface area (Å²) in [5, 5.41) is 0. The zero-order chi connectivity index (χ0) is 13.1. The van der Waals surface area contributed by atoms with E-state index in [-0.39, 0.29) is 6.42 Å². The molecule has 0 aliphatic carbocycles. The standard InChI is InChI=1S/C12H11F3O2/c1-8(16)10(11(17)12(13,14)15)7-9-5-3-2-4-6-9/h2-6,10H,7H2,1H3. The number of rotatable bonds is 4. The van der Waals surface area contributed by atoms with Gasteiger partial charge in [0.1, 0.15) is 5.78 Å². The van der Waals surface area contributed by atoms with Gasteiger partial charge in [-0.25, -0.2) is 0 Å². The van der Waals surface area contributed by atoms with Gasteiger partial charge in [0.25, 0.3) is 0 Å². The van der Waals surface area contributed by atoms with Gasteiger partial charge in [0.05, 0.1) is 5.92 Å². The minimum atomic E-state index is -4.97. The molecule has 0 bridgehead atoms. The summed E-state index contributed by atoms with van der Waals surface area (Å²) in [7, 11) is 0. The van der Waals surface area contributed by atoms with Crippen LogP contribution in [0.15, 0.2) is 30.3 Å². The molecule has 17 heavy (non-hydrogen) atoms. The maximum Gasteiger partial charge on any atom is 0.450 e. The molecule has 1 rings (SSSR count). The second kappa shape index (κ2) is 5.12. The highest BCUT2D eigenvalue weighted by Crippen LogP contribution is 2.24. The molecule has 0 fully saturated rings. The molecular formula is C12H11F3O2. The third kappa shape index (κ3) is 3.69. The van der Waals surface area contributed by atoms with Crippen LogP contribution in [0.2, 0.25) is 0 Å². The van der Waals surface area contributed by atoms with E-state index in [4.69, 9.17) is 0 Å². The van der Waals surface area contributed by atoms with E-state index >= 15 is 0 Å². The molecule has 1 unspecified atom stereocenters. The van der Waals surface area contributed by atoms with Gasteiger partial charge in [-0.05, 0) is 18.9 Å². The average molecular weight is 244 g/mol. The van der Waals surface area contributed by atoms with Crippen molar-refractivity contribution in [2.75, 3.05) is 0 Å². The Morgan fingerprint density at radius 2 is 1.71 bits per heavy atom. The van der Waals surface area contributed by atoms with Gasteiger partial charge in [0.2, 0.25) is 5.78 Å². The van der Waals surface area contributed by atoms with Gasteiger partial charge in [-0.1, -0.05) is 30.3 Å². The Morgan fingerprint density at radius 1 is 1.18 bits per heavy atom. The Labute approximate surface area is 96.4 Å². The Bertz CT molecular complexity index is 410. The minimum Gasteiger partial charge on any atom is -0.299 e. The molecule has 1 atom stereocenters. The first-order valence-electron chi connectivity index (χ1n) is 4.98. The fraction of sp³-hybridized carbons (Fsp3) is 0.333. The molecule has 0 aromatic heterocycles. The normalized spacial score (nSPS) is 13.2. The van der Waals surface area contributed by atoms with Gasteiger partial charge in [0, 0.05) is 0 Å². The van der Waals surface area contributed by atoms with Crippen LogP contribution in [0, 0.1) is 5.92 Å². The number of benzene rings is 1. The summed E-state index contributed by atoms with van der Waals surface area (Å²) in [6.07, 6.45) is -5.18. The topological polar surface area (TPSA) is 34.1 Å². The van der Waals surface area contributed by atoms with Gasteiger partial charge in [-0.2, -0.15) is 13.2 Å². The number of carbonyl (C=O) groups excluding carboxylic acids is 2. The van der Waals surface area contributed by atoms with Gasteiger partial charge in [0.15, 0.2) is 0 Å². The second-order valence-electron chi connectivity index (χ2n) is 3.71. The molecule has 0 saturated heterocycles. The van der Waals surface area contributed by atoms with Crippen molar-refractivity contribution in [2.45, 2.75) is 19.5 Å². The molecule has 1 aromatic rings. The zero-order valence-corrected chi connectivity index (χ0v) is 9.12. The highest BCUT2D eigenvalue weighted by molar-refractivity contribution is 6.04. The molecule has 0 aliphatic heterocycles. The van der Waals surface area contributed by atoms with E-state index in [2.05, 4.69) is 0 Å². The predicted molar refractivity (Wildman–Crippen MR) is 55.4 cm³/mol. The molecule has 2 nitrogen and oxygen atoms in total. The Hall–Kier alpha value is -1.65. The van der Waals surface area contributed by atoms with Crippen molar-refractivity contribution in [1.82, 2.24) is 0 Å². The van der Waals surface area contributed by atoms with E-state index in [0.29, 0.717) is 5.56 Å². The number of Topliss-reactive ketones (excluding diaryl/α,β-unsaturated/α-hetero) is 2. The lowest BCUT2D eigenvalue weighted by atomic mass is 9.91. The first-order valence-corrected chi connectivity index (χ1v) is 4.98. The molecule has 92 valence electrons. The van der Waals surface area contributed by atoms with Crippen molar-refractivity contribution >= 4 is 11.6 Å². The van der Waals surface area contributed by atoms with Crippen LogP contribution in [0.3, 0.4) is 0 Å². The highest BCUT2D eigenvalue weighted by atomic mass is 19.4. The molecule has 0 aliphatic rings. The van der Waals surface area contributed by atoms with Crippen LogP contribution < -0.4 is 0 Å². The van der Waals surface area contributed by atoms with Crippen molar-refractivity contribution in [3.63, 3.8) is 0 Å². The average Bonchev–Trinajstić information content (AvgIpc) is 2.24. The lowest BCUT2D eigenvalue weighted by Gasteiger charge is -2.14. The van der Waals surface area contributed by atoms with Crippen molar-refractivity contribution in [3.8, 4) is 0 Å². The summed E-state index contributed by atoms with van der Waals surface area (Å²) >= 11 is 0. The van der Waals surface area contributed by atoms with Crippen molar-refractivity contribution < 1.29 is 22.8 Å². The van der Waals surface area contributed by atoms with Gasteiger partial charge < -0.3 is 0 Å². The fourth-order valence-electron chi connectivity index (χ4n) is 1.47.